The summed E-state index contributed by atoms with van der Waals surface area (Å²) >= 11 is 0. The molecule has 2 heterocycles. The summed E-state index contributed by atoms with van der Waals surface area (Å²) in [5, 5.41) is 3.14. The zero-order valence-corrected chi connectivity index (χ0v) is 18.3. The minimum atomic E-state index is -0.320. The average molecular weight is 432 g/mol. The SMILES string of the molecule is O=C(NC1CCN(C(=O)c2ccccc2)CC1)[C@@H]1CC(=O)N(c2ccc3c(c2)CCC3)C1. The molecule has 6 nitrogen and oxygen atoms in total. The standard InChI is InChI=1S/C26H29N3O3/c30-24-16-21(17-29(24)23-10-9-18-7-4-8-20(18)15-23)25(31)27-22-11-13-28(14-12-22)26(32)19-5-2-1-3-6-19/h1-3,5-6,9-10,15,21-22H,4,7-8,11-14,16-17H2,(H,27,31)/t21-/m1/s1. The van der Waals surface area contributed by atoms with E-state index in [9.17, 15) is 14.4 Å². The van der Waals surface area contributed by atoms with E-state index in [0.717, 1.165) is 31.4 Å². The lowest BCUT2D eigenvalue weighted by Crippen LogP contribution is -2.48. The highest BCUT2D eigenvalue weighted by atomic mass is 16.2. The molecular weight excluding hydrogens is 402 g/mol. The van der Waals surface area contributed by atoms with Crippen LogP contribution in [-0.4, -0.2) is 48.3 Å². The van der Waals surface area contributed by atoms with Crippen LogP contribution in [0, 0.1) is 5.92 Å². The molecule has 1 aliphatic carbocycles. The van der Waals surface area contributed by atoms with Gasteiger partial charge in [0.25, 0.3) is 5.91 Å². The molecule has 1 atom stereocenters. The Kier molecular flexibility index (Phi) is 5.68. The summed E-state index contributed by atoms with van der Waals surface area (Å²) in [6.45, 7) is 1.70. The Labute approximate surface area is 188 Å². The first kappa shape index (κ1) is 20.7. The number of nitrogens with one attached hydrogen (secondary N) is 1. The fraction of sp³-hybridized carbons (Fsp3) is 0.423. The molecule has 0 radical (unpaired) electrons. The van der Waals surface area contributed by atoms with Crippen molar-refractivity contribution in [3.05, 3.63) is 65.2 Å². The number of hydrogen-bond acceptors (Lipinski definition) is 3. The van der Waals surface area contributed by atoms with Gasteiger partial charge in [-0.15, -0.1) is 0 Å². The largest absolute Gasteiger partial charge is 0.353 e. The van der Waals surface area contributed by atoms with Crippen LogP contribution >= 0.6 is 0 Å². The highest BCUT2D eigenvalue weighted by Gasteiger charge is 2.36. The van der Waals surface area contributed by atoms with Crippen molar-refractivity contribution >= 4 is 23.4 Å². The zero-order valence-electron chi connectivity index (χ0n) is 18.3. The van der Waals surface area contributed by atoms with Crippen LogP contribution in [0.3, 0.4) is 0 Å². The minimum Gasteiger partial charge on any atom is -0.353 e. The maximum Gasteiger partial charge on any atom is 0.253 e. The Morgan fingerprint density at radius 1 is 0.938 bits per heavy atom. The van der Waals surface area contributed by atoms with E-state index in [4.69, 9.17) is 0 Å². The van der Waals surface area contributed by atoms with Crippen LogP contribution in [0.5, 0.6) is 0 Å². The molecule has 2 aromatic carbocycles. The van der Waals surface area contributed by atoms with Crippen molar-refractivity contribution < 1.29 is 14.4 Å². The number of nitrogens with zero attached hydrogens (tertiary/aromatic N) is 2. The van der Waals surface area contributed by atoms with Gasteiger partial charge in [0.05, 0.1) is 5.92 Å². The predicted molar refractivity (Wildman–Crippen MR) is 122 cm³/mol. The quantitative estimate of drug-likeness (QED) is 0.809. The molecule has 3 amide bonds. The number of hydrogen-bond donors (Lipinski definition) is 1. The summed E-state index contributed by atoms with van der Waals surface area (Å²) in [4.78, 5) is 41.8. The number of benzene rings is 2. The van der Waals surface area contributed by atoms with Crippen LogP contribution in [-0.2, 0) is 22.4 Å². The maximum atomic E-state index is 12.9. The van der Waals surface area contributed by atoms with Crippen LogP contribution in [0.1, 0.15) is 47.2 Å². The number of carbonyl (C=O) groups excluding carboxylic acids is 3. The molecule has 0 saturated carbocycles. The van der Waals surface area contributed by atoms with Crippen LogP contribution in [0.4, 0.5) is 5.69 Å². The number of rotatable bonds is 4. The molecule has 2 fully saturated rings. The second kappa shape index (κ2) is 8.77. The number of aryl methyl sites for hydroxylation is 2. The second-order valence-corrected chi connectivity index (χ2v) is 9.15. The van der Waals surface area contributed by atoms with Gasteiger partial charge in [-0.3, -0.25) is 14.4 Å². The fourth-order valence-electron chi connectivity index (χ4n) is 5.17. The lowest BCUT2D eigenvalue weighted by atomic mass is 10.0. The van der Waals surface area contributed by atoms with Gasteiger partial charge in [0.15, 0.2) is 0 Å². The summed E-state index contributed by atoms with van der Waals surface area (Å²) in [6, 6.07) is 15.6. The van der Waals surface area contributed by atoms with Crippen LogP contribution in [0.2, 0.25) is 0 Å². The molecule has 2 aromatic rings. The minimum absolute atomic E-state index is 0.0198. The smallest absolute Gasteiger partial charge is 0.253 e. The normalized spacial score (nSPS) is 21.0. The van der Waals surface area contributed by atoms with Crippen LogP contribution < -0.4 is 10.2 Å². The zero-order chi connectivity index (χ0) is 22.1. The van der Waals surface area contributed by atoms with Gasteiger partial charge in [-0.1, -0.05) is 24.3 Å². The third-order valence-electron chi connectivity index (χ3n) is 7.04. The molecule has 5 rings (SSSR count). The molecule has 3 aliphatic rings. The van der Waals surface area contributed by atoms with Crippen LogP contribution in [0.25, 0.3) is 0 Å². The van der Waals surface area contributed by atoms with E-state index in [1.807, 2.05) is 41.3 Å². The van der Waals surface area contributed by atoms with Gasteiger partial charge >= 0.3 is 0 Å². The van der Waals surface area contributed by atoms with Crippen molar-refractivity contribution in [2.75, 3.05) is 24.5 Å². The highest BCUT2D eigenvalue weighted by Crippen LogP contribution is 2.30. The summed E-state index contributed by atoms with van der Waals surface area (Å²) in [5.41, 5.74) is 4.33. The van der Waals surface area contributed by atoms with Crippen molar-refractivity contribution in [2.24, 2.45) is 5.92 Å². The van der Waals surface area contributed by atoms with Crippen LogP contribution in [0.15, 0.2) is 48.5 Å². The summed E-state index contributed by atoms with van der Waals surface area (Å²) in [6.07, 6.45) is 5.09. The maximum absolute atomic E-state index is 12.9. The Balaban J connectivity index is 1.14. The van der Waals surface area contributed by atoms with Gasteiger partial charge in [-0.2, -0.15) is 0 Å². The summed E-state index contributed by atoms with van der Waals surface area (Å²) in [7, 11) is 0. The molecule has 0 unspecified atom stereocenters. The third-order valence-corrected chi connectivity index (χ3v) is 7.04. The predicted octanol–water partition coefficient (Wildman–Crippen LogP) is 2.95. The average Bonchev–Trinajstić information content (AvgIpc) is 3.45. The fourth-order valence-corrected chi connectivity index (χ4v) is 5.17. The Bertz CT molecular complexity index is 1030. The number of fused-ring (bicyclic) bond motifs is 1. The molecule has 166 valence electrons. The first-order valence-electron chi connectivity index (χ1n) is 11.7. The first-order chi connectivity index (χ1) is 15.6. The van der Waals surface area contributed by atoms with Gasteiger partial charge < -0.3 is 15.1 Å². The van der Waals surface area contributed by atoms with E-state index in [1.165, 1.54) is 17.5 Å². The topological polar surface area (TPSA) is 69.7 Å². The van der Waals surface area contributed by atoms with Gasteiger partial charge in [0.2, 0.25) is 11.8 Å². The van der Waals surface area contributed by atoms with E-state index in [1.54, 1.807) is 4.90 Å². The lowest BCUT2D eigenvalue weighted by Gasteiger charge is -2.33. The van der Waals surface area contributed by atoms with E-state index in [-0.39, 0.29) is 36.1 Å². The van der Waals surface area contributed by atoms with E-state index >= 15 is 0 Å². The van der Waals surface area contributed by atoms with Crippen molar-refractivity contribution in [2.45, 2.75) is 44.6 Å². The van der Waals surface area contributed by atoms with Crippen molar-refractivity contribution in [1.29, 1.82) is 0 Å². The monoisotopic (exact) mass is 431 g/mol. The Hall–Kier alpha value is -3.15. The Morgan fingerprint density at radius 3 is 2.47 bits per heavy atom. The van der Waals surface area contributed by atoms with Crippen molar-refractivity contribution in [3.63, 3.8) is 0 Å². The second-order valence-electron chi connectivity index (χ2n) is 9.15. The van der Waals surface area contributed by atoms with Gasteiger partial charge in [0.1, 0.15) is 0 Å². The summed E-state index contributed by atoms with van der Waals surface area (Å²) < 4.78 is 0. The van der Waals surface area contributed by atoms with Crippen molar-refractivity contribution in [3.8, 4) is 0 Å². The van der Waals surface area contributed by atoms with E-state index < -0.39 is 0 Å². The highest BCUT2D eigenvalue weighted by molar-refractivity contribution is 6.00. The van der Waals surface area contributed by atoms with E-state index in [2.05, 4.69) is 17.4 Å². The molecule has 1 N–H and O–H groups in total. The molecule has 6 heteroatoms. The molecule has 32 heavy (non-hydrogen) atoms. The first-order valence-corrected chi connectivity index (χ1v) is 11.7. The number of amides is 3. The number of carbonyl (C=O) groups is 3. The van der Waals surface area contributed by atoms with Gasteiger partial charge in [-0.25, -0.2) is 0 Å². The van der Waals surface area contributed by atoms with E-state index in [0.29, 0.717) is 25.2 Å². The number of piperidine rings is 1. The molecule has 0 aromatic heterocycles. The molecule has 2 aliphatic heterocycles. The molecule has 2 saturated heterocycles. The van der Waals surface area contributed by atoms with Crippen molar-refractivity contribution in [1.82, 2.24) is 10.2 Å². The third kappa shape index (κ3) is 4.14. The molecule has 0 spiro atoms. The van der Waals surface area contributed by atoms with Gasteiger partial charge in [-0.05, 0) is 67.5 Å². The Morgan fingerprint density at radius 2 is 1.69 bits per heavy atom. The number of anilines is 1. The molecular formula is C26H29N3O3. The molecule has 0 bridgehead atoms. The summed E-state index contributed by atoms with van der Waals surface area (Å²) in [5.74, 6) is -0.303. The van der Waals surface area contributed by atoms with Gasteiger partial charge in [0, 0.05) is 43.3 Å². The number of likely N-dealkylation sites (tertiary alicyclic amines) is 1. The lowest BCUT2D eigenvalue weighted by molar-refractivity contribution is -0.127.